The van der Waals surface area contributed by atoms with Crippen LogP contribution in [-0.4, -0.2) is 49.7 Å². The van der Waals surface area contributed by atoms with Crippen molar-refractivity contribution in [3.05, 3.63) is 70.2 Å². The molecule has 5 nitrogen and oxygen atoms in total. The van der Waals surface area contributed by atoms with Crippen molar-refractivity contribution in [3.8, 4) is 0 Å². The van der Waals surface area contributed by atoms with Crippen LogP contribution in [0.5, 0.6) is 0 Å². The fourth-order valence-electron chi connectivity index (χ4n) is 4.02. The molecule has 0 aliphatic carbocycles. The molecular weight excluding hydrogens is 410 g/mol. The minimum atomic E-state index is -0.186. The van der Waals surface area contributed by atoms with Crippen molar-refractivity contribution in [2.45, 2.75) is 51.4 Å². The Kier molecular flexibility index (Phi) is 8.90. The van der Waals surface area contributed by atoms with Crippen molar-refractivity contribution in [1.82, 2.24) is 15.5 Å². The first-order valence-corrected chi connectivity index (χ1v) is 11.4. The van der Waals surface area contributed by atoms with E-state index in [1.807, 2.05) is 24.3 Å². The van der Waals surface area contributed by atoms with Gasteiger partial charge in [-0.15, -0.1) is 0 Å². The number of ether oxygens (including phenoxy) is 1. The Hall–Kier alpha value is -1.92. The van der Waals surface area contributed by atoms with Crippen molar-refractivity contribution in [1.29, 1.82) is 0 Å². The van der Waals surface area contributed by atoms with Gasteiger partial charge in [0.05, 0.1) is 12.6 Å². The van der Waals surface area contributed by atoms with E-state index in [0.29, 0.717) is 25.6 Å². The lowest BCUT2D eigenvalue weighted by Gasteiger charge is -2.24. The van der Waals surface area contributed by atoms with Crippen LogP contribution in [0.4, 0.5) is 0 Å². The number of hydrogen-bond donors (Lipinski definition) is 2. The number of benzene rings is 2. The maximum absolute atomic E-state index is 12.9. The molecule has 1 amide bonds. The van der Waals surface area contributed by atoms with Gasteiger partial charge in [-0.25, -0.2) is 0 Å². The van der Waals surface area contributed by atoms with Gasteiger partial charge in [-0.05, 0) is 35.1 Å². The summed E-state index contributed by atoms with van der Waals surface area (Å²) in [6, 6.07) is 16.7. The zero-order valence-corrected chi connectivity index (χ0v) is 19.5. The molecule has 0 spiro atoms. The molecule has 0 aromatic heterocycles. The average Bonchev–Trinajstić information content (AvgIpc) is 3.17. The predicted molar refractivity (Wildman–Crippen MR) is 126 cm³/mol. The van der Waals surface area contributed by atoms with Gasteiger partial charge in [0.25, 0.3) is 0 Å². The summed E-state index contributed by atoms with van der Waals surface area (Å²) in [5.41, 5.74) is 3.65. The summed E-state index contributed by atoms with van der Waals surface area (Å²) < 4.78 is 5.07. The quantitative estimate of drug-likeness (QED) is 0.546. The van der Waals surface area contributed by atoms with E-state index in [1.165, 1.54) is 11.1 Å². The maximum atomic E-state index is 12.9. The Morgan fingerprint density at radius 2 is 1.94 bits per heavy atom. The molecule has 0 radical (unpaired) electrons. The molecule has 2 atom stereocenters. The summed E-state index contributed by atoms with van der Waals surface area (Å²) in [7, 11) is 1.64. The lowest BCUT2D eigenvalue weighted by Crippen LogP contribution is -2.43. The smallest absolute Gasteiger partial charge is 0.237 e. The topological polar surface area (TPSA) is 53.6 Å². The van der Waals surface area contributed by atoms with Gasteiger partial charge in [-0.2, -0.15) is 0 Å². The minimum Gasteiger partial charge on any atom is -0.383 e. The number of amides is 1. The highest BCUT2D eigenvalue weighted by atomic mass is 35.5. The first kappa shape index (κ1) is 23.7. The van der Waals surface area contributed by atoms with E-state index >= 15 is 0 Å². The molecule has 1 aliphatic rings. The first-order valence-electron chi connectivity index (χ1n) is 11.0. The number of methoxy groups -OCH3 is 1. The molecule has 6 heteroatoms. The Balaban J connectivity index is 1.63. The highest BCUT2D eigenvalue weighted by Gasteiger charge is 2.36. The van der Waals surface area contributed by atoms with E-state index in [0.717, 1.165) is 30.1 Å². The Labute approximate surface area is 191 Å². The third-order valence-corrected chi connectivity index (χ3v) is 6.25. The fraction of sp³-hybridized carbons (Fsp3) is 0.480. The van der Waals surface area contributed by atoms with Crippen LogP contribution in [0.3, 0.4) is 0 Å². The number of rotatable bonds is 10. The molecule has 0 unspecified atom stereocenters. The van der Waals surface area contributed by atoms with Crippen LogP contribution in [0.25, 0.3) is 0 Å². The highest BCUT2D eigenvalue weighted by Crippen LogP contribution is 2.25. The van der Waals surface area contributed by atoms with Crippen LogP contribution in [0.1, 0.15) is 42.9 Å². The van der Waals surface area contributed by atoms with Crippen LogP contribution in [0.15, 0.2) is 48.5 Å². The predicted octanol–water partition coefficient (Wildman–Crippen LogP) is 3.96. The van der Waals surface area contributed by atoms with E-state index in [1.54, 1.807) is 7.11 Å². The Morgan fingerprint density at radius 3 is 2.61 bits per heavy atom. The van der Waals surface area contributed by atoms with Gasteiger partial charge < -0.3 is 15.4 Å². The molecule has 1 heterocycles. The van der Waals surface area contributed by atoms with E-state index in [9.17, 15) is 4.79 Å². The van der Waals surface area contributed by atoms with Crippen molar-refractivity contribution < 1.29 is 9.53 Å². The Morgan fingerprint density at radius 1 is 1.19 bits per heavy atom. The van der Waals surface area contributed by atoms with Crippen molar-refractivity contribution in [3.63, 3.8) is 0 Å². The van der Waals surface area contributed by atoms with E-state index in [4.69, 9.17) is 16.3 Å². The molecule has 2 aromatic rings. The zero-order chi connectivity index (χ0) is 22.2. The average molecular weight is 444 g/mol. The summed E-state index contributed by atoms with van der Waals surface area (Å²) in [6.45, 7) is 7.69. The van der Waals surface area contributed by atoms with Crippen LogP contribution < -0.4 is 10.6 Å². The van der Waals surface area contributed by atoms with Gasteiger partial charge in [0.2, 0.25) is 5.91 Å². The van der Waals surface area contributed by atoms with Crippen LogP contribution in [0.2, 0.25) is 5.02 Å². The lowest BCUT2D eigenvalue weighted by molar-refractivity contribution is -0.125. The van der Waals surface area contributed by atoms with E-state index in [-0.39, 0.29) is 18.0 Å². The molecule has 2 N–H and O–H groups in total. The summed E-state index contributed by atoms with van der Waals surface area (Å²) in [5.74, 6) is 0.585. The SMILES string of the molecule is COCCNC(=O)[C@@H]1C[C@H](NCc2ccc(C(C)C)cc2)CN1Cc1ccccc1Cl. The van der Waals surface area contributed by atoms with Gasteiger partial charge in [0.1, 0.15) is 0 Å². The maximum Gasteiger partial charge on any atom is 0.237 e. The molecule has 168 valence electrons. The van der Waals surface area contributed by atoms with E-state index < -0.39 is 0 Å². The second kappa shape index (κ2) is 11.6. The number of hydrogen-bond acceptors (Lipinski definition) is 4. The monoisotopic (exact) mass is 443 g/mol. The molecule has 3 rings (SSSR count). The van der Waals surface area contributed by atoms with E-state index in [2.05, 4.69) is 53.6 Å². The van der Waals surface area contributed by atoms with Crippen LogP contribution >= 0.6 is 11.6 Å². The van der Waals surface area contributed by atoms with Crippen LogP contribution in [-0.2, 0) is 22.6 Å². The molecule has 2 aromatic carbocycles. The second-order valence-electron chi connectivity index (χ2n) is 8.53. The molecule has 31 heavy (non-hydrogen) atoms. The van der Waals surface area contributed by atoms with Crippen molar-refractivity contribution >= 4 is 17.5 Å². The largest absolute Gasteiger partial charge is 0.383 e. The molecular formula is C25H34ClN3O2. The zero-order valence-electron chi connectivity index (χ0n) is 18.7. The number of nitrogens with zero attached hydrogens (tertiary/aromatic N) is 1. The second-order valence-corrected chi connectivity index (χ2v) is 8.94. The minimum absolute atomic E-state index is 0.0506. The molecule has 1 saturated heterocycles. The van der Waals surface area contributed by atoms with Crippen LogP contribution in [0, 0.1) is 0 Å². The third kappa shape index (κ3) is 6.78. The van der Waals surface area contributed by atoms with Crippen molar-refractivity contribution in [2.24, 2.45) is 0 Å². The van der Waals surface area contributed by atoms with Gasteiger partial charge >= 0.3 is 0 Å². The number of carbonyl (C=O) groups excluding carboxylic acids is 1. The molecule has 0 saturated carbocycles. The van der Waals surface area contributed by atoms with Gasteiger partial charge in [0.15, 0.2) is 0 Å². The summed E-state index contributed by atoms with van der Waals surface area (Å²) in [4.78, 5) is 15.1. The van der Waals surface area contributed by atoms with Gasteiger partial charge in [-0.3, -0.25) is 9.69 Å². The fourth-order valence-corrected chi connectivity index (χ4v) is 4.22. The summed E-state index contributed by atoms with van der Waals surface area (Å²) in [5, 5.41) is 7.39. The summed E-state index contributed by atoms with van der Waals surface area (Å²) in [6.07, 6.45) is 0.771. The van der Waals surface area contributed by atoms with Gasteiger partial charge in [-0.1, -0.05) is 67.9 Å². The normalized spacial score (nSPS) is 19.1. The number of carbonyl (C=O) groups is 1. The Bertz CT molecular complexity index is 841. The summed E-state index contributed by atoms with van der Waals surface area (Å²) >= 11 is 6.39. The first-order chi connectivity index (χ1) is 15.0. The van der Waals surface area contributed by atoms with Crippen molar-refractivity contribution in [2.75, 3.05) is 26.8 Å². The molecule has 1 fully saturated rings. The number of likely N-dealkylation sites (tertiary alicyclic amines) is 1. The highest BCUT2D eigenvalue weighted by molar-refractivity contribution is 6.31. The third-order valence-electron chi connectivity index (χ3n) is 5.88. The standard InChI is InChI=1S/C25H34ClN3O2/c1-18(2)20-10-8-19(9-11-20)15-28-22-14-24(25(30)27-12-13-31-3)29(17-22)16-21-6-4-5-7-23(21)26/h4-11,18,22,24,28H,12-17H2,1-3H3,(H,27,30)/t22-,24-/m0/s1. The van der Waals surface area contributed by atoms with Gasteiger partial charge in [0, 0.05) is 44.4 Å². The number of halogens is 1. The molecule has 1 aliphatic heterocycles. The molecule has 0 bridgehead atoms. The lowest BCUT2D eigenvalue weighted by atomic mass is 10.0. The number of nitrogens with one attached hydrogen (secondary N) is 2.